The minimum atomic E-state index is -2.79. The zero-order chi connectivity index (χ0) is 27.0. The van der Waals surface area contributed by atoms with E-state index < -0.39 is 24.7 Å². The highest BCUT2D eigenvalue weighted by molar-refractivity contribution is 6.36. The minimum absolute atomic E-state index is 0. The van der Waals surface area contributed by atoms with Crippen molar-refractivity contribution < 1.29 is 23.0 Å². The molecule has 1 aromatic carbocycles. The van der Waals surface area contributed by atoms with E-state index >= 15 is 0 Å². The second kappa shape index (κ2) is 11.4. The second-order valence-corrected chi connectivity index (χ2v) is 9.32. The van der Waals surface area contributed by atoms with Gasteiger partial charge in [-0.25, -0.2) is 18.6 Å². The van der Waals surface area contributed by atoms with Crippen molar-refractivity contribution in [1.82, 2.24) is 24.9 Å². The molecular formula is C24H28ClF2N9O3. The molecule has 1 amide bonds. The number of anilines is 4. The molecule has 0 radical (unpaired) electrons. The van der Waals surface area contributed by atoms with E-state index in [1.807, 2.05) is 6.07 Å². The number of fused-ring (bicyclic) bond motifs is 1. The normalized spacial score (nSPS) is 18.5. The van der Waals surface area contributed by atoms with Gasteiger partial charge in [0.25, 0.3) is 6.43 Å². The number of rotatable bonds is 8. The Morgan fingerprint density at radius 1 is 1.28 bits per heavy atom. The van der Waals surface area contributed by atoms with Crippen LogP contribution in [0.1, 0.15) is 38.0 Å². The number of aromatic nitrogens is 4. The number of nitriles is 1. The molecule has 12 nitrogen and oxygen atoms in total. The largest absolute Gasteiger partial charge is 0.453 e. The number of alkyl halides is 2. The van der Waals surface area contributed by atoms with E-state index in [-0.39, 0.29) is 54.5 Å². The zero-order valence-corrected chi connectivity index (χ0v) is 21.2. The van der Waals surface area contributed by atoms with E-state index in [0.717, 1.165) is 12.8 Å². The molecule has 0 spiro atoms. The van der Waals surface area contributed by atoms with Crippen LogP contribution in [0.15, 0.2) is 18.3 Å². The van der Waals surface area contributed by atoms with Crippen molar-refractivity contribution in [3.8, 4) is 6.07 Å². The topological polar surface area (TPSA) is 142 Å². The molecule has 2 aliphatic rings. The Morgan fingerprint density at radius 3 is 2.69 bits per heavy atom. The first-order valence-electron chi connectivity index (χ1n) is 11.7. The lowest BCUT2D eigenvalue weighted by molar-refractivity contribution is 0.0922. The van der Waals surface area contributed by atoms with Gasteiger partial charge in [0.05, 0.1) is 41.8 Å². The van der Waals surface area contributed by atoms with Gasteiger partial charge in [0.1, 0.15) is 6.07 Å². The van der Waals surface area contributed by atoms with E-state index in [9.17, 15) is 18.8 Å². The first-order chi connectivity index (χ1) is 18.3. The molecule has 39 heavy (non-hydrogen) atoms. The van der Waals surface area contributed by atoms with Crippen LogP contribution in [0.25, 0.3) is 5.65 Å². The fraction of sp³-hybridized carbons (Fsp3) is 0.458. The third-order valence-corrected chi connectivity index (χ3v) is 6.76. The summed E-state index contributed by atoms with van der Waals surface area (Å²) in [5.74, 6) is 0.447. The average molecular weight is 564 g/mol. The molecular weight excluding hydrogens is 536 g/mol. The van der Waals surface area contributed by atoms with Gasteiger partial charge in [-0.3, -0.25) is 0 Å². The molecule has 2 atom stereocenters. The maximum Gasteiger partial charge on any atom is 0.407 e. The smallest absolute Gasteiger partial charge is 0.407 e. The summed E-state index contributed by atoms with van der Waals surface area (Å²) < 4.78 is 39.3. The van der Waals surface area contributed by atoms with E-state index in [0.29, 0.717) is 17.2 Å². The van der Waals surface area contributed by atoms with Crippen molar-refractivity contribution in [3.05, 3.63) is 34.6 Å². The van der Waals surface area contributed by atoms with Crippen LogP contribution in [-0.4, -0.2) is 71.2 Å². The summed E-state index contributed by atoms with van der Waals surface area (Å²) in [5.41, 5.74) is 0.750. The highest BCUT2D eigenvalue weighted by Gasteiger charge is 2.36. The number of carbonyl (C=O) groups excluding carboxylic acids is 1. The molecule has 3 heterocycles. The van der Waals surface area contributed by atoms with Crippen molar-refractivity contribution in [2.45, 2.75) is 44.9 Å². The Balaban J connectivity index is 0.00000353. The summed E-state index contributed by atoms with van der Waals surface area (Å²) >= 11 is 6.73. The predicted molar refractivity (Wildman–Crippen MR) is 141 cm³/mol. The van der Waals surface area contributed by atoms with E-state index in [1.165, 1.54) is 37.1 Å². The van der Waals surface area contributed by atoms with Crippen LogP contribution in [0.2, 0.25) is 5.02 Å². The Hall–Kier alpha value is -3.96. The Kier molecular flexibility index (Phi) is 8.22. The van der Waals surface area contributed by atoms with Gasteiger partial charge in [-0.1, -0.05) is 19.0 Å². The third-order valence-electron chi connectivity index (χ3n) is 6.37. The van der Waals surface area contributed by atoms with Gasteiger partial charge in [0.15, 0.2) is 17.2 Å². The molecule has 1 aliphatic heterocycles. The fourth-order valence-electron chi connectivity index (χ4n) is 4.29. The van der Waals surface area contributed by atoms with Crippen LogP contribution in [0.3, 0.4) is 0 Å². The molecule has 3 N–H and O–H groups in total. The maximum atomic E-state index is 13.9. The number of hydrogen-bond acceptors (Lipinski definition) is 10. The molecule has 5 rings (SSSR count). The summed E-state index contributed by atoms with van der Waals surface area (Å²) in [6.07, 6.45) is -0.517. The zero-order valence-electron chi connectivity index (χ0n) is 20.4. The number of hydrogen-bond donors (Lipinski definition) is 3. The number of alkyl carbamates (subject to hydrolysis) is 1. The Bertz CT molecular complexity index is 1410. The summed E-state index contributed by atoms with van der Waals surface area (Å²) in [7, 11) is 2.75. The molecule has 1 aliphatic carbocycles. The lowest BCUT2D eigenvalue weighted by Crippen LogP contribution is -2.43. The highest BCUT2D eigenvalue weighted by Crippen LogP contribution is 2.40. The second-order valence-electron chi connectivity index (χ2n) is 8.94. The van der Waals surface area contributed by atoms with E-state index in [2.05, 4.69) is 35.8 Å². The lowest BCUT2D eigenvalue weighted by atomic mass is 10.1. The molecule has 15 heteroatoms. The summed E-state index contributed by atoms with van der Waals surface area (Å²) in [6.45, 7) is 0.535. The summed E-state index contributed by atoms with van der Waals surface area (Å²) in [6, 6.07) is 4.33. The third kappa shape index (κ3) is 5.74. The SMILES string of the molecule is C.COC(=O)N[C@H]1CN(c2cc(C(F)F)cc(Nc3nc(NC4CC4)c4ncc(C#N)n4n3)c2Cl)C[C@H]1OC. The quantitative estimate of drug-likeness (QED) is 0.366. The number of imidazole rings is 1. The molecule has 1 saturated heterocycles. The Morgan fingerprint density at radius 2 is 2.05 bits per heavy atom. The molecule has 0 bridgehead atoms. The van der Waals surface area contributed by atoms with Crippen LogP contribution in [0.4, 0.5) is 36.7 Å². The van der Waals surface area contributed by atoms with Crippen molar-refractivity contribution in [3.63, 3.8) is 0 Å². The van der Waals surface area contributed by atoms with Gasteiger partial charge in [-0.2, -0.15) is 14.8 Å². The molecule has 208 valence electrons. The fourth-order valence-corrected chi connectivity index (χ4v) is 4.56. The number of nitrogens with zero attached hydrogens (tertiary/aromatic N) is 6. The number of nitrogens with one attached hydrogen (secondary N) is 3. The van der Waals surface area contributed by atoms with Gasteiger partial charge in [-0.05, 0) is 25.0 Å². The summed E-state index contributed by atoms with van der Waals surface area (Å²) in [5, 5.41) is 22.8. The number of halogens is 3. The van der Waals surface area contributed by atoms with Gasteiger partial charge in [0, 0.05) is 31.8 Å². The maximum absolute atomic E-state index is 13.9. The van der Waals surface area contributed by atoms with Crippen LogP contribution in [0.5, 0.6) is 0 Å². The van der Waals surface area contributed by atoms with E-state index in [1.54, 1.807) is 4.90 Å². The first-order valence-corrected chi connectivity index (χ1v) is 12.1. The number of ether oxygens (including phenoxy) is 2. The minimum Gasteiger partial charge on any atom is -0.453 e. The van der Waals surface area contributed by atoms with Crippen molar-refractivity contribution in [2.24, 2.45) is 0 Å². The van der Waals surface area contributed by atoms with Gasteiger partial charge < -0.3 is 30.3 Å². The number of carbonyl (C=O) groups is 1. The van der Waals surface area contributed by atoms with Crippen molar-refractivity contribution in [2.75, 3.05) is 42.8 Å². The molecule has 1 saturated carbocycles. The van der Waals surface area contributed by atoms with Crippen LogP contribution < -0.4 is 20.9 Å². The number of amides is 1. The van der Waals surface area contributed by atoms with E-state index in [4.69, 9.17) is 16.3 Å². The monoisotopic (exact) mass is 563 g/mol. The highest BCUT2D eigenvalue weighted by atomic mass is 35.5. The number of benzene rings is 1. The molecule has 2 aromatic heterocycles. The van der Waals surface area contributed by atoms with Crippen LogP contribution in [0, 0.1) is 11.3 Å². The van der Waals surface area contributed by atoms with Crippen LogP contribution >= 0.6 is 11.6 Å². The summed E-state index contributed by atoms with van der Waals surface area (Å²) in [4.78, 5) is 22.2. The number of methoxy groups -OCH3 is 2. The Labute approximate surface area is 228 Å². The molecule has 0 unspecified atom stereocenters. The standard InChI is InChI=1S/C23H24ClF2N9O3.CH4/c1-37-17-10-34(9-15(17)31-23(36)38-2)16-6-11(19(25)26)5-14(18(16)24)30-22-32-20(29-12-3-4-12)21-28-8-13(7-27)35(21)33-22;/h5-6,8,12,15,17,19H,3-4,9-10H2,1-2H3,(H,31,36)(H2,29,30,32,33);1H4/t15-,17+;/m0./s1. The lowest BCUT2D eigenvalue weighted by Gasteiger charge is -2.23. The average Bonchev–Trinajstić information content (AvgIpc) is 3.47. The molecule has 2 fully saturated rings. The van der Waals surface area contributed by atoms with Gasteiger partial charge in [-0.15, -0.1) is 5.10 Å². The van der Waals surface area contributed by atoms with Crippen molar-refractivity contribution >= 4 is 46.5 Å². The predicted octanol–water partition coefficient (Wildman–Crippen LogP) is 4.10. The molecule has 3 aromatic rings. The first kappa shape index (κ1) is 28.1. The van der Waals surface area contributed by atoms with Crippen LogP contribution in [-0.2, 0) is 9.47 Å². The van der Waals surface area contributed by atoms with Gasteiger partial charge in [0.2, 0.25) is 5.95 Å². The van der Waals surface area contributed by atoms with Crippen molar-refractivity contribution in [1.29, 1.82) is 5.26 Å². The van der Waals surface area contributed by atoms with Gasteiger partial charge >= 0.3 is 6.09 Å².